The molecule has 0 bridgehead atoms. The molecule has 0 aromatic heterocycles. The first-order valence-electron chi connectivity index (χ1n) is 6.63. The summed E-state index contributed by atoms with van der Waals surface area (Å²) in [6, 6.07) is 5.91. The number of ether oxygens (including phenoxy) is 2. The zero-order chi connectivity index (χ0) is 15.9. The Bertz CT molecular complexity index is 568. The maximum absolute atomic E-state index is 12.2. The van der Waals surface area contributed by atoms with Crippen LogP contribution in [-0.2, 0) is 19.5 Å². The van der Waals surface area contributed by atoms with Crippen LogP contribution in [0, 0.1) is 5.92 Å². The Morgan fingerprint density at radius 1 is 1.29 bits per heavy atom. The van der Waals surface area contributed by atoms with E-state index in [1.807, 2.05) is 13.8 Å². The summed E-state index contributed by atoms with van der Waals surface area (Å²) >= 11 is 0. The van der Waals surface area contributed by atoms with Crippen molar-refractivity contribution in [3.8, 4) is 0 Å². The van der Waals surface area contributed by atoms with Gasteiger partial charge in [0.2, 0.25) is 10.0 Å². The summed E-state index contributed by atoms with van der Waals surface area (Å²) < 4.78 is 36.7. The van der Waals surface area contributed by atoms with E-state index in [9.17, 15) is 13.2 Å². The van der Waals surface area contributed by atoms with Crippen molar-refractivity contribution in [3.05, 3.63) is 29.8 Å². The van der Waals surface area contributed by atoms with Crippen molar-refractivity contribution in [2.45, 2.75) is 18.7 Å². The first kappa shape index (κ1) is 17.6. The molecule has 1 rings (SSSR count). The molecule has 118 valence electrons. The summed E-state index contributed by atoms with van der Waals surface area (Å²) in [6.07, 6.45) is 0. The lowest BCUT2D eigenvalue weighted by Gasteiger charge is -2.11. The highest BCUT2D eigenvalue weighted by atomic mass is 32.2. The number of nitrogens with one attached hydrogen (secondary N) is 1. The normalized spacial score (nSPS) is 11.6. The molecule has 21 heavy (non-hydrogen) atoms. The first-order chi connectivity index (χ1) is 9.88. The van der Waals surface area contributed by atoms with E-state index in [-0.39, 0.29) is 23.6 Å². The Balaban J connectivity index is 2.73. The van der Waals surface area contributed by atoms with Gasteiger partial charge < -0.3 is 9.47 Å². The van der Waals surface area contributed by atoms with E-state index in [2.05, 4.69) is 9.46 Å². The molecule has 0 amide bonds. The van der Waals surface area contributed by atoms with E-state index < -0.39 is 16.0 Å². The zero-order valence-electron chi connectivity index (χ0n) is 12.5. The molecule has 7 heteroatoms. The van der Waals surface area contributed by atoms with Crippen molar-refractivity contribution in [2.24, 2.45) is 5.92 Å². The van der Waals surface area contributed by atoms with E-state index in [1.165, 1.54) is 19.2 Å². The Kier molecular flexibility index (Phi) is 6.80. The van der Waals surface area contributed by atoms with Crippen LogP contribution >= 0.6 is 0 Å². The fraction of sp³-hybridized carbons (Fsp3) is 0.500. The van der Waals surface area contributed by atoms with Crippen LogP contribution in [0.4, 0.5) is 0 Å². The summed E-state index contributed by atoms with van der Waals surface area (Å²) in [5.74, 6) is -0.298. The molecule has 0 saturated heterocycles. The molecule has 6 nitrogen and oxygen atoms in total. The molecule has 0 aliphatic heterocycles. The van der Waals surface area contributed by atoms with Gasteiger partial charge in [-0.3, -0.25) is 0 Å². The number of carbonyl (C=O) groups excluding carboxylic acids is 1. The number of esters is 1. The number of rotatable bonds is 8. The van der Waals surface area contributed by atoms with Crippen LogP contribution < -0.4 is 4.72 Å². The molecule has 0 aliphatic carbocycles. The molecule has 1 aromatic rings. The minimum Gasteiger partial charge on any atom is -0.465 e. The largest absolute Gasteiger partial charge is 0.465 e. The third-order valence-corrected chi connectivity index (χ3v) is 4.09. The van der Waals surface area contributed by atoms with Gasteiger partial charge in [0.25, 0.3) is 0 Å². The highest BCUT2D eigenvalue weighted by Gasteiger charge is 2.21. The van der Waals surface area contributed by atoms with Gasteiger partial charge in [-0.15, -0.1) is 0 Å². The summed E-state index contributed by atoms with van der Waals surface area (Å²) in [7, 11) is -2.57. The molecule has 0 atom stereocenters. The summed E-state index contributed by atoms with van der Waals surface area (Å²) in [6.45, 7) is 5.01. The second kappa shape index (κ2) is 8.11. The maximum Gasteiger partial charge on any atom is 0.339 e. The third-order valence-electron chi connectivity index (χ3n) is 2.57. The van der Waals surface area contributed by atoms with Crippen molar-refractivity contribution in [1.82, 2.24) is 4.72 Å². The van der Waals surface area contributed by atoms with Gasteiger partial charge >= 0.3 is 5.97 Å². The smallest absolute Gasteiger partial charge is 0.339 e. The quantitative estimate of drug-likeness (QED) is 0.579. The van der Waals surface area contributed by atoms with Crippen LogP contribution in [-0.4, -0.2) is 41.3 Å². The Morgan fingerprint density at radius 2 is 1.95 bits per heavy atom. The predicted molar refractivity (Wildman–Crippen MR) is 78.6 cm³/mol. The number of benzene rings is 1. The van der Waals surface area contributed by atoms with Gasteiger partial charge in [0.05, 0.1) is 24.2 Å². The highest BCUT2D eigenvalue weighted by molar-refractivity contribution is 7.89. The second-order valence-corrected chi connectivity index (χ2v) is 6.59. The van der Waals surface area contributed by atoms with Crippen LogP contribution in [0.15, 0.2) is 29.2 Å². The van der Waals surface area contributed by atoms with Crippen LogP contribution in [0.1, 0.15) is 24.2 Å². The van der Waals surface area contributed by atoms with Gasteiger partial charge in [0, 0.05) is 13.2 Å². The van der Waals surface area contributed by atoms with Crippen LogP contribution in [0.5, 0.6) is 0 Å². The Morgan fingerprint density at radius 3 is 2.57 bits per heavy atom. The highest BCUT2D eigenvalue weighted by Crippen LogP contribution is 2.16. The van der Waals surface area contributed by atoms with Gasteiger partial charge in [-0.05, 0) is 18.1 Å². The van der Waals surface area contributed by atoms with Crippen molar-refractivity contribution < 1.29 is 22.7 Å². The fourth-order valence-corrected chi connectivity index (χ4v) is 2.83. The minimum atomic E-state index is -3.78. The average Bonchev–Trinajstić information content (AvgIpc) is 2.45. The lowest BCUT2D eigenvalue weighted by molar-refractivity contribution is 0.0596. The Labute approximate surface area is 125 Å². The average molecular weight is 315 g/mol. The van der Waals surface area contributed by atoms with E-state index in [1.54, 1.807) is 12.1 Å². The standard InChI is InChI=1S/C14H21NO5S/c1-11(2)10-20-9-8-15-21(17,18)13-7-5-4-6-12(13)14(16)19-3/h4-7,11,15H,8-10H2,1-3H3. The molecule has 0 aliphatic rings. The number of carbonyl (C=O) groups is 1. The van der Waals surface area contributed by atoms with Crippen molar-refractivity contribution in [1.29, 1.82) is 0 Å². The number of hydrogen-bond acceptors (Lipinski definition) is 5. The van der Waals surface area contributed by atoms with Gasteiger partial charge in [0.1, 0.15) is 0 Å². The van der Waals surface area contributed by atoms with Crippen molar-refractivity contribution >= 4 is 16.0 Å². The summed E-state index contributed by atoms with van der Waals surface area (Å²) in [5, 5.41) is 0. The molecule has 0 heterocycles. The van der Waals surface area contributed by atoms with Gasteiger partial charge in [-0.1, -0.05) is 26.0 Å². The van der Waals surface area contributed by atoms with Crippen molar-refractivity contribution in [2.75, 3.05) is 26.9 Å². The molecule has 1 aromatic carbocycles. The number of methoxy groups -OCH3 is 1. The van der Waals surface area contributed by atoms with Crippen molar-refractivity contribution in [3.63, 3.8) is 0 Å². The predicted octanol–water partition coefficient (Wildman–Crippen LogP) is 1.42. The first-order valence-corrected chi connectivity index (χ1v) is 8.11. The topological polar surface area (TPSA) is 81.7 Å². The second-order valence-electron chi connectivity index (χ2n) is 4.85. The SMILES string of the molecule is COC(=O)c1ccccc1S(=O)(=O)NCCOCC(C)C. The van der Waals surface area contributed by atoms with Gasteiger partial charge in [0.15, 0.2) is 0 Å². The molecule has 0 unspecified atom stereocenters. The van der Waals surface area contributed by atoms with E-state index >= 15 is 0 Å². The monoisotopic (exact) mass is 315 g/mol. The van der Waals surface area contributed by atoms with Crippen LogP contribution in [0.25, 0.3) is 0 Å². The van der Waals surface area contributed by atoms with Crippen LogP contribution in [0.2, 0.25) is 0 Å². The number of hydrogen-bond donors (Lipinski definition) is 1. The van der Waals surface area contributed by atoms with E-state index in [0.29, 0.717) is 12.5 Å². The third kappa shape index (κ3) is 5.45. The zero-order valence-corrected chi connectivity index (χ0v) is 13.3. The lowest BCUT2D eigenvalue weighted by Crippen LogP contribution is -2.29. The molecule has 0 saturated carbocycles. The molecule has 1 N–H and O–H groups in total. The molecule has 0 fully saturated rings. The molecular formula is C14H21NO5S. The van der Waals surface area contributed by atoms with E-state index in [4.69, 9.17) is 4.74 Å². The number of sulfonamides is 1. The van der Waals surface area contributed by atoms with Crippen LogP contribution in [0.3, 0.4) is 0 Å². The lowest BCUT2D eigenvalue weighted by atomic mass is 10.2. The molecular weight excluding hydrogens is 294 g/mol. The summed E-state index contributed by atoms with van der Waals surface area (Å²) in [5.41, 5.74) is 0.00981. The van der Waals surface area contributed by atoms with Gasteiger partial charge in [-0.25, -0.2) is 17.9 Å². The maximum atomic E-state index is 12.2. The molecule has 0 spiro atoms. The van der Waals surface area contributed by atoms with E-state index in [0.717, 1.165) is 0 Å². The van der Waals surface area contributed by atoms with Gasteiger partial charge in [-0.2, -0.15) is 0 Å². The fourth-order valence-electron chi connectivity index (χ4n) is 1.62. The molecule has 0 radical (unpaired) electrons. The summed E-state index contributed by atoms with van der Waals surface area (Å²) in [4.78, 5) is 11.5. The minimum absolute atomic E-state index is 0.00981. The Hall–Kier alpha value is -1.44.